The maximum atomic E-state index is 13.1. The zero-order valence-corrected chi connectivity index (χ0v) is 46.8. The molecular weight excluding hydrogens is 1130 g/mol. The number of ether oxygens (including phenoxy) is 11. The summed E-state index contributed by atoms with van der Waals surface area (Å²) in [5, 5.41) is 31.5. The fourth-order valence-corrected chi connectivity index (χ4v) is 7.53. The number of carbonyl (C=O) groups excluding carboxylic acids is 7. The van der Waals surface area contributed by atoms with Gasteiger partial charge in [-0.3, -0.25) is 0 Å². The molecule has 1 aliphatic heterocycles. The van der Waals surface area contributed by atoms with Gasteiger partial charge in [-0.1, -0.05) is 56.1 Å². The average molecular weight is 1190 g/mol. The molecule has 8 aromatic rings. The minimum Gasteiger partial charge on any atom is -0.508 e. The second kappa shape index (κ2) is 32.4. The fourth-order valence-electron chi connectivity index (χ4n) is 7.53. The zero-order chi connectivity index (χ0) is 62.8. The van der Waals surface area contributed by atoms with Crippen molar-refractivity contribution < 1.29 is 106 Å². The van der Waals surface area contributed by atoms with E-state index in [4.69, 9.17) is 62.7 Å². The van der Waals surface area contributed by atoms with Crippen LogP contribution in [0.15, 0.2) is 184 Å². The minimum absolute atomic E-state index is 0.0103. The smallest absolute Gasteiger partial charge is 0.343 e. The van der Waals surface area contributed by atoms with E-state index in [0.717, 1.165) is 66.2 Å². The van der Waals surface area contributed by atoms with E-state index in [2.05, 4.69) is 24.5 Å². The molecule has 9 rings (SSSR count). The SMILES string of the molecule is C1CCOC1.C=CC(=O)OCOc1ccc2cc(C(=O)O)ccc2c1.C=CC(=O)OCOc1ccc2cc(C(=O)Oc3ccc(OC(=O)c4ccc5cc(OCOC(=O)C=C)ccc5c4)c(C(=O)OC)c3)ccc2c1.COC(=O)c1cc(O)ccc1O. The molecule has 448 valence electrons. The van der Waals surface area contributed by atoms with Crippen LogP contribution in [0.1, 0.15) is 64.6 Å². The van der Waals surface area contributed by atoms with Crippen LogP contribution in [0.2, 0.25) is 0 Å². The summed E-state index contributed by atoms with van der Waals surface area (Å²) in [6.07, 6.45) is 5.67. The van der Waals surface area contributed by atoms with Gasteiger partial charge in [0.05, 0.1) is 30.9 Å². The Labute approximate surface area is 496 Å². The number of carboxylic acid groups (broad SMARTS) is 1. The van der Waals surface area contributed by atoms with Crippen molar-refractivity contribution in [3.8, 4) is 40.2 Å². The van der Waals surface area contributed by atoms with Crippen molar-refractivity contribution in [1.82, 2.24) is 0 Å². The predicted molar refractivity (Wildman–Crippen MR) is 313 cm³/mol. The third-order valence-electron chi connectivity index (χ3n) is 11.9. The van der Waals surface area contributed by atoms with Gasteiger partial charge in [-0.05, 0) is 154 Å². The van der Waals surface area contributed by atoms with Crippen LogP contribution in [0.25, 0.3) is 32.3 Å². The molecule has 0 spiro atoms. The van der Waals surface area contributed by atoms with E-state index in [-0.39, 0.29) is 71.2 Å². The van der Waals surface area contributed by atoms with Gasteiger partial charge in [0.15, 0.2) is 0 Å². The van der Waals surface area contributed by atoms with E-state index in [9.17, 15) is 38.4 Å². The number of carbonyl (C=O) groups is 8. The van der Waals surface area contributed by atoms with Crippen molar-refractivity contribution in [1.29, 1.82) is 0 Å². The molecule has 22 heteroatoms. The van der Waals surface area contributed by atoms with Crippen molar-refractivity contribution in [2.75, 3.05) is 47.8 Å². The Kier molecular flexibility index (Phi) is 24.0. The molecule has 1 fully saturated rings. The number of phenolic OH excluding ortho intramolecular Hbond substituents is 2. The number of methoxy groups -OCH3 is 2. The Bertz CT molecular complexity index is 3850. The number of phenols is 2. The minimum atomic E-state index is -0.969. The van der Waals surface area contributed by atoms with E-state index in [0.29, 0.717) is 28.0 Å². The lowest BCUT2D eigenvalue weighted by Crippen LogP contribution is -2.13. The highest BCUT2D eigenvalue weighted by atomic mass is 16.7. The number of fused-ring (bicyclic) bond motifs is 3. The van der Waals surface area contributed by atoms with Gasteiger partial charge >= 0.3 is 47.8 Å². The Hall–Kier alpha value is -11.5. The molecule has 0 bridgehead atoms. The molecule has 1 aliphatic rings. The van der Waals surface area contributed by atoms with Crippen molar-refractivity contribution in [2.24, 2.45) is 0 Å². The van der Waals surface area contributed by atoms with Crippen LogP contribution in [0, 0.1) is 0 Å². The second-order valence-corrected chi connectivity index (χ2v) is 17.7. The largest absolute Gasteiger partial charge is 0.508 e. The van der Waals surface area contributed by atoms with Gasteiger partial charge in [-0.15, -0.1) is 0 Å². The van der Waals surface area contributed by atoms with E-state index in [1.54, 1.807) is 103 Å². The van der Waals surface area contributed by atoms with Crippen LogP contribution >= 0.6 is 0 Å². The van der Waals surface area contributed by atoms with Crippen molar-refractivity contribution in [2.45, 2.75) is 12.8 Å². The average Bonchev–Trinajstić information content (AvgIpc) is 3.96. The Morgan fingerprint density at radius 3 is 1.24 bits per heavy atom. The Morgan fingerprint density at radius 1 is 0.437 bits per heavy atom. The molecule has 3 N–H and O–H groups in total. The molecule has 8 aromatic carbocycles. The van der Waals surface area contributed by atoms with Crippen LogP contribution < -0.4 is 23.7 Å². The number of hydrogen-bond acceptors (Lipinski definition) is 21. The molecule has 0 atom stereocenters. The summed E-state index contributed by atoms with van der Waals surface area (Å²) in [5.74, 6) is -4.68. The molecule has 1 saturated heterocycles. The van der Waals surface area contributed by atoms with Crippen LogP contribution in [-0.4, -0.2) is 111 Å². The monoisotopic (exact) mass is 1190 g/mol. The van der Waals surface area contributed by atoms with Crippen LogP contribution in [0.5, 0.6) is 40.2 Å². The molecule has 0 aliphatic carbocycles. The molecular formula is C65H56O22. The second-order valence-electron chi connectivity index (χ2n) is 17.7. The lowest BCUT2D eigenvalue weighted by atomic mass is 10.1. The predicted octanol–water partition coefficient (Wildman–Crippen LogP) is 10.6. The highest BCUT2D eigenvalue weighted by molar-refractivity contribution is 6.01. The number of esters is 7. The highest BCUT2D eigenvalue weighted by Gasteiger charge is 2.21. The first-order valence-corrected chi connectivity index (χ1v) is 25.9. The third-order valence-corrected chi connectivity index (χ3v) is 11.9. The maximum absolute atomic E-state index is 13.1. The number of aromatic carboxylic acids is 1. The summed E-state index contributed by atoms with van der Waals surface area (Å²) in [6.45, 7) is 11.1. The summed E-state index contributed by atoms with van der Waals surface area (Å²) >= 11 is 0. The Morgan fingerprint density at radius 2 is 0.828 bits per heavy atom. The van der Waals surface area contributed by atoms with E-state index in [1.165, 1.54) is 56.3 Å². The summed E-state index contributed by atoms with van der Waals surface area (Å²) in [6, 6.07) is 37.4. The molecule has 87 heavy (non-hydrogen) atoms. The Balaban J connectivity index is 0.000000262. The fraction of sp³-hybridized carbons (Fsp3) is 0.138. The number of hydrogen-bond donors (Lipinski definition) is 3. The lowest BCUT2D eigenvalue weighted by Gasteiger charge is -2.12. The maximum Gasteiger partial charge on any atom is 0.343 e. The quantitative estimate of drug-likeness (QED) is 0.0169. The van der Waals surface area contributed by atoms with Gasteiger partial charge in [-0.2, -0.15) is 0 Å². The number of rotatable bonds is 19. The van der Waals surface area contributed by atoms with Gasteiger partial charge < -0.3 is 67.4 Å². The summed E-state index contributed by atoms with van der Waals surface area (Å²) in [4.78, 5) is 93.8. The first-order valence-electron chi connectivity index (χ1n) is 25.9. The molecule has 0 unspecified atom stereocenters. The number of benzene rings is 8. The van der Waals surface area contributed by atoms with E-state index >= 15 is 0 Å². The normalized spacial score (nSPS) is 11.0. The van der Waals surface area contributed by atoms with Crippen molar-refractivity contribution in [3.05, 3.63) is 211 Å². The van der Waals surface area contributed by atoms with Crippen molar-refractivity contribution in [3.63, 3.8) is 0 Å². The molecule has 1 heterocycles. The number of aromatic hydroxyl groups is 2. The first-order chi connectivity index (χ1) is 41.9. The van der Waals surface area contributed by atoms with E-state index < -0.39 is 47.8 Å². The van der Waals surface area contributed by atoms with Gasteiger partial charge in [0.1, 0.15) is 51.4 Å². The van der Waals surface area contributed by atoms with Crippen LogP contribution in [0.4, 0.5) is 0 Å². The van der Waals surface area contributed by atoms with Crippen molar-refractivity contribution >= 4 is 80.1 Å². The lowest BCUT2D eigenvalue weighted by molar-refractivity contribution is -0.145. The van der Waals surface area contributed by atoms with Gasteiger partial charge in [0.2, 0.25) is 20.4 Å². The van der Waals surface area contributed by atoms with Gasteiger partial charge in [0, 0.05) is 31.4 Å². The molecule has 0 radical (unpaired) electrons. The summed E-state index contributed by atoms with van der Waals surface area (Å²) in [5.41, 5.74) is 0.468. The van der Waals surface area contributed by atoms with E-state index in [1.807, 2.05) is 0 Å². The third kappa shape index (κ3) is 19.5. The molecule has 0 amide bonds. The molecule has 0 saturated carbocycles. The molecule has 0 aromatic heterocycles. The van der Waals surface area contributed by atoms with Crippen LogP contribution in [0.3, 0.4) is 0 Å². The van der Waals surface area contributed by atoms with Gasteiger partial charge in [-0.25, -0.2) is 38.4 Å². The molecule has 22 nitrogen and oxygen atoms in total. The van der Waals surface area contributed by atoms with Crippen LogP contribution in [-0.2, 0) is 42.8 Å². The summed E-state index contributed by atoms with van der Waals surface area (Å²) < 4.78 is 55.7. The number of carboxylic acids is 1. The van der Waals surface area contributed by atoms with Gasteiger partial charge in [0.25, 0.3) is 0 Å². The standard InChI is InChI=1S/C38H28O12.C15H12O5.C8H8O4.C4H8O/c1-4-34(39)47-21-45-29-12-10-23-16-27(8-6-25(23)18-29)36(41)49-31-14-15-33(32(20-31)38(43)44-3)50-37(42)28-9-7-26-19-30(13-11-24(26)17-28)46-22-48-35(40)5-2;1-2-14(16)20-9-19-13-6-5-10-7-12(15(17)18)4-3-11(10)8-13;1-12-8(11)6-4-5(9)2-3-7(6)10;1-2-4-5-3-1/h4-20H,1-2,21-22H2,3H3;2-8H,1,9H2,(H,17,18);2-4,9-10H,1H3;1-4H2. The first kappa shape index (κ1) is 64.6. The highest BCUT2D eigenvalue weighted by Crippen LogP contribution is 2.30. The zero-order valence-electron chi connectivity index (χ0n) is 46.8. The summed E-state index contributed by atoms with van der Waals surface area (Å²) in [7, 11) is 2.36. The topological polar surface area (TPSA) is 299 Å².